The third-order valence-corrected chi connectivity index (χ3v) is 1.53. The molecule has 1 amide bonds. The number of carbonyl (C=O) groups excluding carboxylic acids is 1. The highest BCUT2D eigenvalue weighted by molar-refractivity contribution is 5.94. The predicted molar refractivity (Wildman–Crippen MR) is 43.7 cm³/mol. The van der Waals surface area contributed by atoms with Crippen LogP contribution in [0.2, 0.25) is 0 Å². The fourth-order valence-corrected chi connectivity index (χ4v) is 0.648. The first-order valence-corrected chi connectivity index (χ1v) is 3.61. The molecule has 1 atom stereocenters. The van der Waals surface area contributed by atoms with Crippen molar-refractivity contribution in [2.75, 3.05) is 12.4 Å². The number of amides is 1. The van der Waals surface area contributed by atoms with Crippen LogP contribution in [0.25, 0.3) is 0 Å². The van der Waals surface area contributed by atoms with Crippen molar-refractivity contribution in [1.82, 2.24) is 10.5 Å². The first-order valence-electron chi connectivity index (χ1n) is 3.61. The second kappa shape index (κ2) is 3.87. The summed E-state index contributed by atoms with van der Waals surface area (Å²) in [5.74, 6) is -0.110. The normalized spacial score (nSPS) is 12.5. The standard InChI is InChI=1S/C7H11N3O2/c1-5(8-2)7(11)10-6-3-9-12-4-6/h3-5,8H,1-2H3,(H,10,11). The van der Waals surface area contributed by atoms with Gasteiger partial charge in [0.2, 0.25) is 5.91 Å². The number of rotatable bonds is 3. The summed E-state index contributed by atoms with van der Waals surface area (Å²) < 4.78 is 4.54. The van der Waals surface area contributed by atoms with E-state index in [1.165, 1.54) is 12.5 Å². The van der Waals surface area contributed by atoms with Crippen LogP contribution in [0, 0.1) is 0 Å². The molecule has 0 saturated carbocycles. The molecule has 0 aliphatic rings. The van der Waals surface area contributed by atoms with E-state index >= 15 is 0 Å². The lowest BCUT2D eigenvalue weighted by molar-refractivity contribution is -0.117. The molecular formula is C7H11N3O2. The second-order valence-electron chi connectivity index (χ2n) is 2.41. The highest BCUT2D eigenvalue weighted by Crippen LogP contribution is 2.03. The Balaban J connectivity index is 2.47. The van der Waals surface area contributed by atoms with E-state index < -0.39 is 0 Å². The van der Waals surface area contributed by atoms with Crippen LogP contribution in [0.4, 0.5) is 5.69 Å². The van der Waals surface area contributed by atoms with Crippen molar-refractivity contribution in [3.63, 3.8) is 0 Å². The Kier molecular flexibility index (Phi) is 2.82. The number of aromatic nitrogens is 1. The summed E-state index contributed by atoms with van der Waals surface area (Å²) in [5, 5.41) is 8.88. The molecule has 5 heteroatoms. The van der Waals surface area contributed by atoms with E-state index in [2.05, 4.69) is 20.3 Å². The largest absolute Gasteiger partial charge is 0.363 e. The Morgan fingerprint density at radius 2 is 2.50 bits per heavy atom. The van der Waals surface area contributed by atoms with E-state index in [-0.39, 0.29) is 11.9 Å². The van der Waals surface area contributed by atoms with Gasteiger partial charge in [0.1, 0.15) is 12.0 Å². The average molecular weight is 169 g/mol. The number of likely N-dealkylation sites (N-methyl/N-ethyl adjacent to an activating group) is 1. The number of carbonyl (C=O) groups is 1. The fourth-order valence-electron chi connectivity index (χ4n) is 0.648. The molecule has 1 rings (SSSR count). The smallest absolute Gasteiger partial charge is 0.241 e. The SMILES string of the molecule is CNC(C)C(=O)Nc1cnoc1. The van der Waals surface area contributed by atoms with Gasteiger partial charge in [0, 0.05) is 0 Å². The van der Waals surface area contributed by atoms with Crippen molar-refractivity contribution in [3.05, 3.63) is 12.5 Å². The van der Waals surface area contributed by atoms with Crippen LogP contribution < -0.4 is 10.6 Å². The maximum Gasteiger partial charge on any atom is 0.241 e. The number of anilines is 1. The third-order valence-electron chi connectivity index (χ3n) is 1.53. The van der Waals surface area contributed by atoms with Crippen LogP contribution in [0.5, 0.6) is 0 Å². The Labute approximate surface area is 70.1 Å². The summed E-state index contributed by atoms with van der Waals surface area (Å²) in [5.41, 5.74) is 0.571. The molecule has 0 aliphatic heterocycles. The summed E-state index contributed by atoms with van der Waals surface area (Å²) in [6.45, 7) is 1.77. The van der Waals surface area contributed by atoms with Crippen molar-refractivity contribution in [1.29, 1.82) is 0 Å². The van der Waals surface area contributed by atoms with Crippen molar-refractivity contribution in [3.8, 4) is 0 Å². The van der Waals surface area contributed by atoms with E-state index in [0.29, 0.717) is 5.69 Å². The molecule has 1 aromatic rings. The monoisotopic (exact) mass is 169 g/mol. The van der Waals surface area contributed by atoms with Gasteiger partial charge in [-0.15, -0.1) is 0 Å². The Bertz CT molecular complexity index is 245. The lowest BCUT2D eigenvalue weighted by Gasteiger charge is -2.08. The number of nitrogens with one attached hydrogen (secondary N) is 2. The van der Waals surface area contributed by atoms with Gasteiger partial charge in [0.25, 0.3) is 0 Å². The summed E-state index contributed by atoms with van der Waals surface area (Å²) in [7, 11) is 1.72. The molecule has 0 spiro atoms. The topological polar surface area (TPSA) is 67.2 Å². The minimum absolute atomic E-state index is 0.110. The van der Waals surface area contributed by atoms with Crippen molar-refractivity contribution >= 4 is 11.6 Å². The maximum absolute atomic E-state index is 11.2. The highest BCUT2D eigenvalue weighted by Gasteiger charge is 2.10. The fraction of sp³-hybridized carbons (Fsp3) is 0.429. The molecular weight excluding hydrogens is 158 g/mol. The molecule has 1 heterocycles. The molecule has 66 valence electrons. The molecule has 0 aromatic carbocycles. The van der Waals surface area contributed by atoms with E-state index in [1.54, 1.807) is 14.0 Å². The van der Waals surface area contributed by atoms with Gasteiger partial charge in [-0.1, -0.05) is 5.16 Å². The van der Waals surface area contributed by atoms with Gasteiger partial charge in [0.05, 0.1) is 12.2 Å². The molecule has 0 bridgehead atoms. The van der Waals surface area contributed by atoms with Crippen LogP contribution >= 0.6 is 0 Å². The molecule has 12 heavy (non-hydrogen) atoms. The number of nitrogens with zero attached hydrogens (tertiary/aromatic N) is 1. The quantitative estimate of drug-likeness (QED) is 0.679. The van der Waals surface area contributed by atoms with Crippen LogP contribution in [0.3, 0.4) is 0 Å². The van der Waals surface area contributed by atoms with Gasteiger partial charge >= 0.3 is 0 Å². The second-order valence-corrected chi connectivity index (χ2v) is 2.41. The summed E-state index contributed by atoms with van der Waals surface area (Å²) in [4.78, 5) is 11.2. The zero-order chi connectivity index (χ0) is 8.97. The number of hydrogen-bond donors (Lipinski definition) is 2. The zero-order valence-corrected chi connectivity index (χ0v) is 7.00. The number of hydrogen-bond acceptors (Lipinski definition) is 4. The van der Waals surface area contributed by atoms with Crippen LogP contribution in [0.15, 0.2) is 17.0 Å². The summed E-state index contributed by atoms with van der Waals surface area (Å²) >= 11 is 0. The molecule has 0 saturated heterocycles. The Hall–Kier alpha value is -1.36. The van der Waals surface area contributed by atoms with Gasteiger partial charge in [-0.3, -0.25) is 4.79 Å². The van der Waals surface area contributed by atoms with Gasteiger partial charge < -0.3 is 15.2 Å². The van der Waals surface area contributed by atoms with Crippen LogP contribution in [0.1, 0.15) is 6.92 Å². The van der Waals surface area contributed by atoms with Gasteiger partial charge in [-0.2, -0.15) is 0 Å². The Morgan fingerprint density at radius 1 is 1.75 bits per heavy atom. The molecule has 5 nitrogen and oxygen atoms in total. The minimum Gasteiger partial charge on any atom is -0.363 e. The maximum atomic E-state index is 11.2. The first kappa shape index (κ1) is 8.73. The average Bonchev–Trinajstić information content (AvgIpc) is 2.55. The van der Waals surface area contributed by atoms with E-state index in [9.17, 15) is 4.79 Å². The predicted octanol–water partition coefficient (Wildman–Crippen LogP) is 0.221. The van der Waals surface area contributed by atoms with E-state index in [4.69, 9.17) is 0 Å². The minimum atomic E-state index is -0.222. The van der Waals surface area contributed by atoms with Crippen molar-refractivity contribution in [2.45, 2.75) is 13.0 Å². The molecule has 0 aliphatic carbocycles. The molecule has 1 unspecified atom stereocenters. The molecule has 1 aromatic heterocycles. The molecule has 0 fully saturated rings. The highest BCUT2D eigenvalue weighted by atomic mass is 16.5. The third kappa shape index (κ3) is 2.06. The summed E-state index contributed by atoms with van der Waals surface area (Å²) in [6, 6.07) is -0.222. The zero-order valence-electron chi connectivity index (χ0n) is 7.00. The lowest BCUT2D eigenvalue weighted by Crippen LogP contribution is -2.35. The lowest BCUT2D eigenvalue weighted by atomic mass is 10.3. The molecule has 0 radical (unpaired) electrons. The van der Waals surface area contributed by atoms with Gasteiger partial charge in [-0.25, -0.2) is 0 Å². The van der Waals surface area contributed by atoms with E-state index in [0.717, 1.165) is 0 Å². The van der Waals surface area contributed by atoms with Crippen molar-refractivity contribution in [2.24, 2.45) is 0 Å². The van der Waals surface area contributed by atoms with Gasteiger partial charge in [-0.05, 0) is 14.0 Å². The van der Waals surface area contributed by atoms with E-state index in [1.807, 2.05) is 0 Å². The first-order chi connectivity index (χ1) is 5.74. The van der Waals surface area contributed by atoms with Crippen molar-refractivity contribution < 1.29 is 9.32 Å². The summed E-state index contributed by atoms with van der Waals surface area (Å²) in [6.07, 6.45) is 2.82. The van der Waals surface area contributed by atoms with Crippen LogP contribution in [-0.4, -0.2) is 24.2 Å². The Morgan fingerprint density at radius 3 is 3.00 bits per heavy atom. The molecule has 2 N–H and O–H groups in total. The van der Waals surface area contributed by atoms with Crippen LogP contribution in [-0.2, 0) is 4.79 Å². The van der Waals surface area contributed by atoms with Gasteiger partial charge in [0.15, 0.2) is 0 Å².